The summed E-state index contributed by atoms with van der Waals surface area (Å²) >= 11 is 0. The van der Waals surface area contributed by atoms with E-state index in [1.165, 1.54) is 5.56 Å². The Morgan fingerprint density at radius 1 is 0.952 bits per heavy atom. The van der Waals surface area contributed by atoms with Gasteiger partial charge in [-0.05, 0) is 61.7 Å². The summed E-state index contributed by atoms with van der Waals surface area (Å²) in [5, 5.41) is 5.63. The topological polar surface area (TPSA) is 50.4 Å². The van der Waals surface area contributed by atoms with Crippen LogP contribution in [-0.4, -0.2) is 13.1 Å². The van der Waals surface area contributed by atoms with Crippen LogP contribution in [0.1, 0.15) is 16.7 Å². The number of methoxy groups -OCH3 is 1. The van der Waals surface area contributed by atoms with Crippen molar-refractivity contribution < 1.29 is 9.53 Å². The minimum Gasteiger partial charge on any atom is -0.495 e. The summed E-state index contributed by atoms with van der Waals surface area (Å²) in [6, 6.07) is 11.2. The Kier molecular flexibility index (Phi) is 4.48. The predicted octanol–water partition coefficient (Wildman–Crippen LogP) is 4.26. The minimum atomic E-state index is -0.290. The summed E-state index contributed by atoms with van der Waals surface area (Å²) in [5.74, 6) is 0.635. The number of carbonyl (C=O) groups excluding carboxylic acids is 1. The molecule has 0 spiro atoms. The standard InChI is InChI=1S/C17H20N2O2/c1-11-5-8-16(21-4)15(9-11)19-17(20)18-14-7-6-12(2)13(3)10-14/h5-10H,1-4H3,(H2,18,19,20). The molecular formula is C17H20N2O2. The van der Waals surface area contributed by atoms with Crippen molar-refractivity contribution in [3.8, 4) is 5.75 Å². The molecule has 0 aliphatic carbocycles. The molecule has 0 unspecified atom stereocenters. The van der Waals surface area contributed by atoms with Crippen LogP contribution in [-0.2, 0) is 0 Å². The van der Waals surface area contributed by atoms with E-state index in [0.717, 1.165) is 16.8 Å². The molecule has 0 bridgehead atoms. The number of hydrogen-bond acceptors (Lipinski definition) is 2. The lowest BCUT2D eigenvalue weighted by atomic mass is 10.1. The molecule has 2 amide bonds. The smallest absolute Gasteiger partial charge is 0.323 e. The van der Waals surface area contributed by atoms with Crippen molar-refractivity contribution in [2.24, 2.45) is 0 Å². The number of nitrogens with one attached hydrogen (secondary N) is 2. The van der Waals surface area contributed by atoms with Gasteiger partial charge in [0.1, 0.15) is 5.75 Å². The van der Waals surface area contributed by atoms with Gasteiger partial charge in [0.15, 0.2) is 0 Å². The van der Waals surface area contributed by atoms with Gasteiger partial charge in [-0.3, -0.25) is 0 Å². The number of aryl methyl sites for hydroxylation is 3. The SMILES string of the molecule is COc1ccc(C)cc1NC(=O)Nc1ccc(C)c(C)c1. The second-order valence-electron chi connectivity index (χ2n) is 5.08. The molecule has 0 fully saturated rings. The fraction of sp³-hybridized carbons (Fsp3) is 0.235. The van der Waals surface area contributed by atoms with Gasteiger partial charge in [0.25, 0.3) is 0 Å². The van der Waals surface area contributed by atoms with Crippen LogP contribution in [0.3, 0.4) is 0 Å². The second-order valence-corrected chi connectivity index (χ2v) is 5.08. The Balaban J connectivity index is 2.11. The third-order valence-corrected chi connectivity index (χ3v) is 3.37. The number of hydrogen-bond donors (Lipinski definition) is 2. The summed E-state index contributed by atoms with van der Waals surface area (Å²) in [6.07, 6.45) is 0. The van der Waals surface area contributed by atoms with Gasteiger partial charge < -0.3 is 15.4 Å². The summed E-state index contributed by atoms with van der Waals surface area (Å²) < 4.78 is 5.24. The maximum absolute atomic E-state index is 12.1. The number of carbonyl (C=O) groups is 1. The molecule has 2 aromatic rings. The van der Waals surface area contributed by atoms with Crippen molar-refractivity contribution in [3.63, 3.8) is 0 Å². The van der Waals surface area contributed by atoms with E-state index in [-0.39, 0.29) is 6.03 Å². The molecule has 0 saturated heterocycles. The molecule has 0 aromatic heterocycles. The normalized spacial score (nSPS) is 10.1. The second kappa shape index (κ2) is 6.31. The summed E-state index contributed by atoms with van der Waals surface area (Å²) in [6.45, 7) is 6.02. The van der Waals surface area contributed by atoms with Crippen LogP contribution in [0.2, 0.25) is 0 Å². The summed E-state index contributed by atoms with van der Waals surface area (Å²) in [7, 11) is 1.58. The van der Waals surface area contributed by atoms with E-state index in [2.05, 4.69) is 10.6 Å². The van der Waals surface area contributed by atoms with Gasteiger partial charge in [-0.2, -0.15) is 0 Å². The molecule has 0 aliphatic heterocycles. The van der Waals surface area contributed by atoms with E-state index in [0.29, 0.717) is 11.4 Å². The Morgan fingerprint density at radius 3 is 2.38 bits per heavy atom. The van der Waals surface area contributed by atoms with E-state index in [9.17, 15) is 4.79 Å². The van der Waals surface area contributed by atoms with E-state index < -0.39 is 0 Å². The first kappa shape index (κ1) is 14.9. The Labute approximate surface area is 125 Å². The summed E-state index contributed by atoms with van der Waals surface area (Å²) in [4.78, 5) is 12.1. The molecule has 2 aromatic carbocycles. The third kappa shape index (κ3) is 3.75. The van der Waals surface area contributed by atoms with Gasteiger partial charge in [0.05, 0.1) is 12.8 Å². The van der Waals surface area contributed by atoms with Crippen LogP contribution in [0.4, 0.5) is 16.2 Å². The zero-order valence-corrected chi connectivity index (χ0v) is 12.8. The highest BCUT2D eigenvalue weighted by Crippen LogP contribution is 2.25. The number of rotatable bonds is 3. The van der Waals surface area contributed by atoms with Gasteiger partial charge in [-0.25, -0.2) is 4.79 Å². The molecule has 0 heterocycles. The van der Waals surface area contributed by atoms with Crippen LogP contribution in [0.5, 0.6) is 5.75 Å². The molecule has 0 radical (unpaired) electrons. The molecule has 21 heavy (non-hydrogen) atoms. The third-order valence-electron chi connectivity index (χ3n) is 3.37. The quantitative estimate of drug-likeness (QED) is 0.884. The molecule has 4 heteroatoms. The Morgan fingerprint density at radius 2 is 1.71 bits per heavy atom. The summed E-state index contributed by atoms with van der Waals surface area (Å²) in [5.41, 5.74) is 4.81. The van der Waals surface area contributed by atoms with Crippen molar-refractivity contribution in [2.75, 3.05) is 17.7 Å². The van der Waals surface area contributed by atoms with Crippen LogP contribution in [0, 0.1) is 20.8 Å². The highest BCUT2D eigenvalue weighted by molar-refractivity contribution is 6.00. The molecule has 2 N–H and O–H groups in total. The lowest BCUT2D eigenvalue weighted by Crippen LogP contribution is -2.20. The fourth-order valence-corrected chi connectivity index (χ4v) is 2.02. The Bertz CT molecular complexity index is 666. The van der Waals surface area contributed by atoms with Crippen LogP contribution in [0.15, 0.2) is 36.4 Å². The van der Waals surface area contributed by atoms with Crippen molar-refractivity contribution in [1.29, 1.82) is 0 Å². The predicted molar refractivity (Wildman–Crippen MR) is 86.3 cm³/mol. The molecule has 0 atom stereocenters. The fourth-order valence-electron chi connectivity index (χ4n) is 2.02. The van der Waals surface area contributed by atoms with Gasteiger partial charge in [0.2, 0.25) is 0 Å². The van der Waals surface area contributed by atoms with E-state index in [4.69, 9.17) is 4.74 Å². The minimum absolute atomic E-state index is 0.290. The molecular weight excluding hydrogens is 264 g/mol. The van der Waals surface area contributed by atoms with Crippen molar-refractivity contribution in [2.45, 2.75) is 20.8 Å². The van der Waals surface area contributed by atoms with E-state index in [1.54, 1.807) is 7.11 Å². The zero-order valence-electron chi connectivity index (χ0n) is 12.8. The maximum Gasteiger partial charge on any atom is 0.323 e. The van der Waals surface area contributed by atoms with Crippen LogP contribution in [0.25, 0.3) is 0 Å². The first-order chi connectivity index (χ1) is 9.99. The lowest BCUT2D eigenvalue weighted by molar-refractivity contribution is 0.262. The van der Waals surface area contributed by atoms with Gasteiger partial charge in [-0.15, -0.1) is 0 Å². The van der Waals surface area contributed by atoms with Crippen molar-refractivity contribution >= 4 is 17.4 Å². The van der Waals surface area contributed by atoms with Crippen molar-refractivity contribution in [3.05, 3.63) is 53.1 Å². The van der Waals surface area contributed by atoms with Crippen molar-refractivity contribution in [1.82, 2.24) is 0 Å². The number of benzene rings is 2. The van der Waals surface area contributed by atoms with Gasteiger partial charge in [-0.1, -0.05) is 12.1 Å². The monoisotopic (exact) mass is 284 g/mol. The molecule has 110 valence electrons. The average Bonchev–Trinajstić information content (AvgIpc) is 2.43. The van der Waals surface area contributed by atoms with E-state index >= 15 is 0 Å². The number of ether oxygens (including phenoxy) is 1. The zero-order chi connectivity index (χ0) is 15.4. The molecule has 0 aliphatic rings. The molecule has 2 rings (SSSR count). The van der Waals surface area contributed by atoms with E-state index in [1.807, 2.05) is 57.2 Å². The number of anilines is 2. The number of urea groups is 1. The van der Waals surface area contributed by atoms with Crippen LogP contribution < -0.4 is 15.4 Å². The highest BCUT2D eigenvalue weighted by Gasteiger charge is 2.08. The van der Waals surface area contributed by atoms with Gasteiger partial charge in [0, 0.05) is 5.69 Å². The first-order valence-electron chi connectivity index (χ1n) is 6.79. The average molecular weight is 284 g/mol. The largest absolute Gasteiger partial charge is 0.495 e. The molecule has 4 nitrogen and oxygen atoms in total. The maximum atomic E-state index is 12.1. The highest BCUT2D eigenvalue weighted by atomic mass is 16.5. The lowest BCUT2D eigenvalue weighted by Gasteiger charge is -2.12. The number of amides is 2. The Hall–Kier alpha value is -2.49. The van der Waals surface area contributed by atoms with Crippen LogP contribution >= 0.6 is 0 Å². The first-order valence-corrected chi connectivity index (χ1v) is 6.79. The van der Waals surface area contributed by atoms with Gasteiger partial charge >= 0.3 is 6.03 Å². The molecule has 0 saturated carbocycles.